The number of anilines is 1. The number of rotatable bonds is 11. The summed E-state index contributed by atoms with van der Waals surface area (Å²) in [4.78, 5) is 47.5. The van der Waals surface area contributed by atoms with Gasteiger partial charge in [-0.15, -0.1) is 21.5 Å². The fourth-order valence-corrected chi connectivity index (χ4v) is 6.06. The lowest BCUT2D eigenvalue weighted by Gasteiger charge is -2.43. The number of nitrogens with two attached hydrogens (primary N) is 1. The largest absolute Gasteiger partial charge is 0.503 e. The van der Waals surface area contributed by atoms with Crippen molar-refractivity contribution < 1.29 is 37.7 Å². The van der Waals surface area contributed by atoms with Gasteiger partial charge in [0, 0.05) is 17.2 Å². The third-order valence-electron chi connectivity index (χ3n) is 5.59. The molecule has 3 atom stereocenters. The van der Waals surface area contributed by atoms with Gasteiger partial charge in [-0.2, -0.15) is 18.4 Å². The zero-order valence-electron chi connectivity index (χ0n) is 21.0. The highest BCUT2D eigenvalue weighted by molar-refractivity contribution is 7.99. The highest BCUT2D eigenvalue weighted by Gasteiger charge is 2.54. The quantitative estimate of drug-likeness (QED) is 0.0360. The monoisotopic (exact) mass is 630 g/mol. The van der Waals surface area contributed by atoms with E-state index in [1.54, 1.807) is 13.8 Å². The summed E-state index contributed by atoms with van der Waals surface area (Å²) in [6.45, 7) is 3.34. The van der Waals surface area contributed by atoms with E-state index in [2.05, 4.69) is 36.1 Å². The third kappa shape index (κ3) is 6.39. The number of amides is 2. The molecule has 0 bridgehead atoms. The molecule has 1 unspecified atom stereocenters. The number of tetrazole rings is 1. The standard InChI is InChI=1S/C19H22N10O9S3/c1-7(2)15(9-3-11(30)12(31)4-28(9)34)38-25-13(8-5-39-18(20)21-8)16(32)22-14-10(6-40-19-23-26-27-24-19)29(17(14)33)41(35,36)37/h3-5,7,10,14-15,31,34H,6H2,1-2H3,(H2,20,21)(H,22,32)(H,35,36,37)(H,23,24,26,27)/b25-13-/t10-,14+,15?/m1/s1. The second-order valence-corrected chi connectivity index (χ2v) is 11.9. The minimum absolute atomic E-state index is 0.0595. The van der Waals surface area contributed by atoms with Gasteiger partial charge in [0.1, 0.15) is 17.4 Å². The predicted octanol–water partition coefficient (Wildman–Crippen LogP) is -1.25. The summed E-state index contributed by atoms with van der Waals surface area (Å²) in [6, 6.07) is -1.73. The molecule has 0 saturated carbocycles. The number of hydrogen-bond acceptors (Lipinski definition) is 16. The molecule has 7 N–H and O–H groups in total. The van der Waals surface area contributed by atoms with Crippen LogP contribution in [-0.4, -0.2) is 93.3 Å². The molecule has 3 aromatic rings. The highest BCUT2D eigenvalue weighted by atomic mass is 32.2. The summed E-state index contributed by atoms with van der Waals surface area (Å²) in [5.41, 5.74) is 4.27. The smallest absolute Gasteiger partial charge is 0.362 e. The lowest BCUT2D eigenvalue weighted by Crippen LogP contribution is -2.73. The zero-order chi connectivity index (χ0) is 30.1. The van der Waals surface area contributed by atoms with Crippen molar-refractivity contribution >= 4 is 56.1 Å². The van der Waals surface area contributed by atoms with Gasteiger partial charge in [0.25, 0.3) is 11.8 Å². The minimum atomic E-state index is -4.96. The van der Waals surface area contributed by atoms with Gasteiger partial charge in [-0.05, 0) is 11.1 Å². The van der Waals surface area contributed by atoms with E-state index < -0.39 is 63.1 Å². The molecule has 4 rings (SSSR count). The van der Waals surface area contributed by atoms with Crippen molar-refractivity contribution in [3.05, 3.63) is 39.3 Å². The molecule has 3 aromatic heterocycles. The Morgan fingerprint density at radius 1 is 1.39 bits per heavy atom. The molecule has 220 valence electrons. The SMILES string of the molecule is CC(C)C(O/N=C(\C(=O)N[C@@H]1C(=O)N(S(=O)(=O)O)[C@@H]1CSc1nn[nH]n1)c1csc(N)n1)c1cc(=O)c(O)cn1O. The number of nitrogens with one attached hydrogen (secondary N) is 2. The molecular weight excluding hydrogens is 608 g/mol. The predicted molar refractivity (Wildman–Crippen MR) is 140 cm³/mol. The van der Waals surface area contributed by atoms with Crippen LogP contribution in [0, 0.1) is 5.92 Å². The van der Waals surface area contributed by atoms with E-state index in [0.29, 0.717) is 4.73 Å². The number of H-pyrrole nitrogens is 1. The maximum atomic E-state index is 13.4. The van der Waals surface area contributed by atoms with Crippen LogP contribution in [0.25, 0.3) is 0 Å². The van der Waals surface area contributed by atoms with Gasteiger partial charge in [-0.25, -0.2) is 9.29 Å². The molecule has 2 amide bonds. The summed E-state index contributed by atoms with van der Waals surface area (Å²) in [6.07, 6.45) is -0.350. The highest BCUT2D eigenvalue weighted by Crippen LogP contribution is 2.29. The average molecular weight is 631 g/mol. The number of aromatic amines is 1. The van der Waals surface area contributed by atoms with Crippen LogP contribution in [0.15, 0.2) is 32.7 Å². The third-order valence-corrected chi connectivity index (χ3v) is 8.15. The van der Waals surface area contributed by atoms with E-state index in [4.69, 9.17) is 10.6 Å². The minimum Gasteiger partial charge on any atom is -0.503 e. The van der Waals surface area contributed by atoms with Crippen LogP contribution < -0.4 is 16.5 Å². The van der Waals surface area contributed by atoms with Gasteiger partial charge < -0.3 is 26.2 Å². The van der Waals surface area contributed by atoms with Crippen LogP contribution in [0.4, 0.5) is 5.13 Å². The number of nitrogens with zero attached hydrogens (tertiary/aromatic N) is 7. The molecule has 0 aliphatic carbocycles. The Bertz CT molecular complexity index is 1640. The molecule has 19 nitrogen and oxygen atoms in total. The van der Waals surface area contributed by atoms with Gasteiger partial charge in [-0.3, -0.25) is 18.9 Å². The van der Waals surface area contributed by atoms with E-state index in [1.807, 2.05) is 0 Å². The van der Waals surface area contributed by atoms with Gasteiger partial charge in [0.2, 0.25) is 10.6 Å². The Kier molecular flexibility index (Phi) is 8.46. The van der Waals surface area contributed by atoms with Crippen molar-refractivity contribution in [3.8, 4) is 5.75 Å². The second kappa shape index (κ2) is 11.7. The maximum absolute atomic E-state index is 13.4. The van der Waals surface area contributed by atoms with Crippen LogP contribution in [0.3, 0.4) is 0 Å². The van der Waals surface area contributed by atoms with Gasteiger partial charge in [0.05, 0.1) is 12.2 Å². The molecular formula is C19H22N10O9S3. The number of carbonyl (C=O) groups is 2. The Morgan fingerprint density at radius 2 is 2.12 bits per heavy atom. The van der Waals surface area contributed by atoms with Crippen LogP contribution in [-0.2, 0) is 24.7 Å². The van der Waals surface area contributed by atoms with E-state index >= 15 is 0 Å². The first-order valence-electron chi connectivity index (χ1n) is 11.4. The summed E-state index contributed by atoms with van der Waals surface area (Å²) in [5.74, 6) is -3.45. The normalized spacial score (nSPS) is 18.3. The maximum Gasteiger partial charge on any atom is 0.362 e. The summed E-state index contributed by atoms with van der Waals surface area (Å²) >= 11 is 1.87. The van der Waals surface area contributed by atoms with Crippen molar-refractivity contribution in [2.45, 2.75) is 37.2 Å². The lowest BCUT2D eigenvalue weighted by atomic mass is 10.0. The number of β-lactam (4-membered cyclic amide) rings is 1. The molecule has 1 aliphatic rings. The molecule has 22 heteroatoms. The molecule has 0 spiro atoms. The molecule has 1 saturated heterocycles. The number of thiazole rings is 1. The van der Waals surface area contributed by atoms with Crippen LogP contribution in [0.1, 0.15) is 31.3 Å². The van der Waals surface area contributed by atoms with E-state index in [1.165, 1.54) is 5.38 Å². The second-order valence-electron chi connectivity index (χ2n) is 8.71. The summed E-state index contributed by atoms with van der Waals surface area (Å²) < 4.78 is 33.8. The summed E-state index contributed by atoms with van der Waals surface area (Å²) in [5, 5.41) is 40.6. The van der Waals surface area contributed by atoms with Crippen LogP contribution >= 0.6 is 23.1 Å². The number of thioether (sulfide) groups is 1. The van der Waals surface area contributed by atoms with Crippen molar-refractivity contribution in [1.29, 1.82) is 0 Å². The average Bonchev–Trinajstić information content (AvgIpc) is 3.56. The Balaban J connectivity index is 1.62. The molecule has 0 radical (unpaired) electrons. The summed E-state index contributed by atoms with van der Waals surface area (Å²) in [7, 11) is -4.96. The van der Waals surface area contributed by atoms with E-state index in [0.717, 1.165) is 35.4 Å². The first-order chi connectivity index (χ1) is 19.3. The fourth-order valence-electron chi connectivity index (χ4n) is 3.68. The van der Waals surface area contributed by atoms with Gasteiger partial charge in [-0.1, -0.05) is 30.8 Å². The Hall–Kier alpha value is -4.28. The van der Waals surface area contributed by atoms with E-state index in [9.17, 15) is 37.7 Å². The van der Waals surface area contributed by atoms with Gasteiger partial charge >= 0.3 is 10.3 Å². The topological polar surface area (TPSA) is 281 Å². The number of aromatic nitrogens is 6. The number of oxime groups is 1. The van der Waals surface area contributed by atoms with Crippen LogP contribution in [0.5, 0.6) is 5.75 Å². The van der Waals surface area contributed by atoms with Crippen molar-refractivity contribution in [1.82, 2.24) is 40.0 Å². The molecule has 0 aromatic carbocycles. The zero-order valence-corrected chi connectivity index (χ0v) is 23.4. The number of nitrogen functional groups attached to an aromatic ring is 1. The van der Waals surface area contributed by atoms with Crippen molar-refractivity contribution in [2.24, 2.45) is 11.1 Å². The van der Waals surface area contributed by atoms with Crippen LogP contribution in [0.2, 0.25) is 0 Å². The van der Waals surface area contributed by atoms with Crippen molar-refractivity contribution in [3.63, 3.8) is 0 Å². The number of aromatic hydroxyl groups is 1. The molecule has 4 heterocycles. The van der Waals surface area contributed by atoms with E-state index in [-0.39, 0.29) is 31.7 Å². The number of hydrogen-bond donors (Lipinski definition) is 6. The first kappa shape index (κ1) is 29.7. The molecule has 1 aliphatic heterocycles. The lowest BCUT2D eigenvalue weighted by molar-refractivity contribution is -0.143. The molecule has 41 heavy (non-hydrogen) atoms. The van der Waals surface area contributed by atoms with Gasteiger partial charge in [0.15, 0.2) is 22.7 Å². The Labute approximate surface area is 238 Å². The number of pyridine rings is 1. The first-order valence-corrected chi connectivity index (χ1v) is 14.6. The number of carbonyl (C=O) groups excluding carboxylic acids is 2. The van der Waals surface area contributed by atoms with Crippen molar-refractivity contribution in [2.75, 3.05) is 11.5 Å². The fraction of sp³-hybridized carbons (Fsp3) is 0.368. The Morgan fingerprint density at radius 3 is 2.71 bits per heavy atom. The molecule has 1 fully saturated rings.